The van der Waals surface area contributed by atoms with Gasteiger partial charge in [-0.05, 0) is 53.2 Å². The molecule has 13 heteroatoms. The Hall–Kier alpha value is -5.09. The van der Waals surface area contributed by atoms with E-state index in [1.54, 1.807) is 53.5 Å². The van der Waals surface area contributed by atoms with Crippen molar-refractivity contribution < 1.29 is 19.4 Å². The van der Waals surface area contributed by atoms with Crippen LogP contribution in [0.5, 0.6) is 11.5 Å². The van der Waals surface area contributed by atoms with Crippen LogP contribution in [0.25, 0.3) is 11.1 Å². The number of aromatic nitrogens is 6. The van der Waals surface area contributed by atoms with Crippen LogP contribution in [-0.2, 0) is 6.54 Å². The number of aliphatic hydroxyl groups is 1. The number of hydrogen-bond acceptors (Lipinski definition) is 11. The zero-order chi connectivity index (χ0) is 26.9. The molecule has 1 amide bonds. The summed E-state index contributed by atoms with van der Waals surface area (Å²) in [4.78, 5) is 21.0. The number of hydrogen-bond donors (Lipinski definition) is 3. The second-order valence-corrected chi connectivity index (χ2v) is 8.10. The van der Waals surface area contributed by atoms with Gasteiger partial charge < -0.3 is 25.2 Å². The van der Waals surface area contributed by atoms with Crippen LogP contribution in [0, 0.1) is 11.3 Å². The molecular formula is C25H25N9O4. The Labute approximate surface area is 218 Å². The first-order chi connectivity index (χ1) is 18.5. The minimum Gasteiger partial charge on any atom is -0.495 e. The molecule has 3 N–H and O–H groups in total. The van der Waals surface area contributed by atoms with Crippen molar-refractivity contribution in [3.05, 3.63) is 66.2 Å². The van der Waals surface area contributed by atoms with Gasteiger partial charge in [-0.1, -0.05) is 6.07 Å². The number of nitrogens with zero attached hydrogens (tertiary/aromatic N) is 7. The minimum absolute atomic E-state index is 0.151. The SMILES string of the molecule is COc1ccc(C(=O)NCCO)cc1Nc1ncc(-c2ccc(C#N)c(O[C@@H](C)Cn3cnnn3)c2)cn1. The molecule has 4 rings (SSSR count). The number of nitriles is 1. The fraction of sp³-hybridized carbons (Fsp3) is 0.240. The lowest BCUT2D eigenvalue weighted by Gasteiger charge is -2.16. The average molecular weight is 516 g/mol. The van der Waals surface area contributed by atoms with Crippen molar-refractivity contribution in [3.63, 3.8) is 0 Å². The Morgan fingerprint density at radius 3 is 2.66 bits per heavy atom. The van der Waals surface area contributed by atoms with Crippen LogP contribution < -0.4 is 20.1 Å². The Morgan fingerprint density at radius 2 is 1.97 bits per heavy atom. The van der Waals surface area contributed by atoms with E-state index >= 15 is 0 Å². The zero-order valence-corrected chi connectivity index (χ0v) is 20.7. The van der Waals surface area contributed by atoms with Gasteiger partial charge in [-0.3, -0.25) is 4.79 Å². The predicted octanol–water partition coefficient (Wildman–Crippen LogP) is 1.94. The van der Waals surface area contributed by atoms with E-state index in [1.165, 1.54) is 13.4 Å². The first kappa shape index (κ1) is 26.0. The van der Waals surface area contributed by atoms with Crippen LogP contribution in [0.1, 0.15) is 22.8 Å². The Bertz CT molecular complexity index is 1420. The van der Waals surface area contributed by atoms with Crippen LogP contribution in [0.15, 0.2) is 55.1 Å². The van der Waals surface area contributed by atoms with Gasteiger partial charge in [0.2, 0.25) is 5.95 Å². The van der Waals surface area contributed by atoms with Crippen LogP contribution in [-0.4, -0.2) is 67.6 Å². The Kier molecular flexibility index (Phi) is 8.37. The van der Waals surface area contributed by atoms with Crippen molar-refractivity contribution in [2.45, 2.75) is 19.6 Å². The molecule has 4 aromatic rings. The van der Waals surface area contributed by atoms with Gasteiger partial charge in [-0.2, -0.15) is 5.26 Å². The minimum atomic E-state index is -0.327. The summed E-state index contributed by atoms with van der Waals surface area (Å²) in [5.74, 6) is 0.891. The van der Waals surface area contributed by atoms with E-state index in [4.69, 9.17) is 14.6 Å². The Morgan fingerprint density at radius 1 is 1.16 bits per heavy atom. The molecule has 0 spiro atoms. The van der Waals surface area contributed by atoms with Gasteiger partial charge in [0.25, 0.3) is 5.91 Å². The summed E-state index contributed by atoms with van der Waals surface area (Å²) in [6.45, 7) is 2.27. The number of aliphatic hydroxyl groups excluding tert-OH is 1. The van der Waals surface area contributed by atoms with Crippen LogP contribution >= 0.6 is 0 Å². The van der Waals surface area contributed by atoms with E-state index in [2.05, 4.69) is 42.2 Å². The largest absolute Gasteiger partial charge is 0.495 e. The molecule has 0 fully saturated rings. The monoisotopic (exact) mass is 515 g/mol. The molecule has 194 valence electrons. The first-order valence-electron chi connectivity index (χ1n) is 11.6. The maximum absolute atomic E-state index is 12.3. The molecule has 0 saturated heterocycles. The first-order valence-corrected chi connectivity index (χ1v) is 11.6. The van der Waals surface area contributed by atoms with Crippen molar-refractivity contribution in [3.8, 4) is 28.7 Å². The summed E-state index contributed by atoms with van der Waals surface area (Å²) in [5, 5.41) is 35.2. The lowest BCUT2D eigenvalue weighted by molar-refractivity contribution is 0.0944. The van der Waals surface area contributed by atoms with Gasteiger partial charge in [0.05, 0.1) is 31.5 Å². The fourth-order valence-corrected chi connectivity index (χ4v) is 3.55. The quantitative estimate of drug-likeness (QED) is 0.266. The van der Waals surface area contributed by atoms with E-state index in [0.717, 1.165) is 5.56 Å². The number of anilines is 2. The molecule has 13 nitrogen and oxygen atoms in total. The summed E-state index contributed by atoms with van der Waals surface area (Å²) < 4.78 is 12.9. The lowest BCUT2D eigenvalue weighted by Crippen LogP contribution is -2.26. The fourth-order valence-electron chi connectivity index (χ4n) is 3.55. The number of rotatable bonds is 11. The molecule has 0 radical (unpaired) electrons. The molecule has 0 bridgehead atoms. The smallest absolute Gasteiger partial charge is 0.251 e. The summed E-state index contributed by atoms with van der Waals surface area (Å²) in [7, 11) is 1.52. The van der Waals surface area contributed by atoms with Gasteiger partial charge in [-0.15, -0.1) is 5.10 Å². The summed E-state index contributed by atoms with van der Waals surface area (Å²) in [6, 6.07) is 12.3. The highest BCUT2D eigenvalue weighted by atomic mass is 16.5. The number of amides is 1. The molecule has 0 aliphatic heterocycles. The summed E-state index contributed by atoms with van der Waals surface area (Å²) in [5.41, 5.74) is 2.76. The van der Waals surface area contributed by atoms with Crippen LogP contribution in [0.3, 0.4) is 0 Å². The number of benzene rings is 2. The molecule has 2 aromatic carbocycles. The van der Waals surface area contributed by atoms with Crippen LogP contribution in [0.4, 0.5) is 11.6 Å². The Balaban J connectivity index is 1.51. The van der Waals surface area contributed by atoms with Gasteiger partial charge in [0.1, 0.15) is 30.0 Å². The molecule has 0 unspecified atom stereocenters. The predicted molar refractivity (Wildman–Crippen MR) is 136 cm³/mol. The second-order valence-electron chi connectivity index (χ2n) is 8.10. The van der Waals surface area contributed by atoms with Crippen molar-refractivity contribution in [2.75, 3.05) is 25.6 Å². The third-order valence-corrected chi connectivity index (χ3v) is 5.36. The van der Waals surface area contributed by atoms with E-state index in [-0.39, 0.29) is 25.2 Å². The molecule has 1 atom stereocenters. The van der Waals surface area contributed by atoms with Gasteiger partial charge >= 0.3 is 0 Å². The molecule has 0 aliphatic carbocycles. The average Bonchev–Trinajstić information content (AvgIpc) is 3.45. The molecular weight excluding hydrogens is 490 g/mol. The van der Waals surface area contributed by atoms with E-state index in [0.29, 0.717) is 46.4 Å². The number of tetrazole rings is 1. The van der Waals surface area contributed by atoms with Crippen LogP contribution in [0.2, 0.25) is 0 Å². The van der Waals surface area contributed by atoms with Gasteiger partial charge in [0, 0.05) is 30.1 Å². The highest BCUT2D eigenvalue weighted by Gasteiger charge is 2.14. The molecule has 38 heavy (non-hydrogen) atoms. The van der Waals surface area contributed by atoms with E-state index < -0.39 is 0 Å². The molecule has 0 aliphatic rings. The number of methoxy groups -OCH3 is 1. The number of ether oxygens (including phenoxy) is 2. The summed E-state index contributed by atoms with van der Waals surface area (Å²) >= 11 is 0. The third kappa shape index (κ3) is 6.37. The van der Waals surface area contributed by atoms with Gasteiger partial charge in [-0.25, -0.2) is 14.6 Å². The topological polar surface area (TPSA) is 173 Å². The van der Waals surface area contributed by atoms with Crippen molar-refractivity contribution in [1.82, 2.24) is 35.5 Å². The molecule has 2 aromatic heterocycles. The zero-order valence-electron chi connectivity index (χ0n) is 20.7. The second kappa shape index (κ2) is 12.2. The third-order valence-electron chi connectivity index (χ3n) is 5.36. The van der Waals surface area contributed by atoms with Gasteiger partial charge in [0.15, 0.2) is 0 Å². The number of nitrogens with one attached hydrogen (secondary N) is 2. The number of carbonyl (C=O) groups excluding carboxylic acids is 1. The molecule has 2 heterocycles. The van der Waals surface area contributed by atoms with Crippen molar-refractivity contribution >= 4 is 17.5 Å². The maximum atomic E-state index is 12.3. The standard InChI is InChI=1S/C25H25N9O4/c1-16(14-34-15-30-32-33-34)38-23-10-17(3-4-19(23)11-26)20-12-28-25(29-13-20)31-21-9-18(5-6-22(21)37-2)24(36)27-7-8-35/h3-6,9-10,12-13,15-16,35H,7-8,14H2,1-2H3,(H,27,36)(H,28,29,31)/t16-/m0/s1. The lowest BCUT2D eigenvalue weighted by atomic mass is 10.1. The highest BCUT2D eigenvalue weighted by Crippen LogP contribution is 2.30. The number of carbonyl (C=O) groups is 1. The molecule has 0 saturated carbocycles. The maximum Gasteiger partial charge on any atom is 0.251 e. The van der Waals surface area contributed by atoms with Crippen molar-refractivity contribution in [1.29, 1.82) is 5.26 Å². The van der Waals surface area contributed by atoms with E-state index in [9.17, 15) is 10.1 Å². The highest BCUT2D eigenvalue weighted by molar-refractivity contribution is 5.95. The normalized spacial score (nSPS) is 11.3. The summed E-state index contributed by atoms with van der Waals surface area (Å²) in [6.07, 6.45) is 4.47. The van der Waals surface area contributed by atoms with Crippen molar-refractivity contribution in [2.24, 2.45) is 0 Å². The van der Waals surface area contributed by atoms with E-state index in [1.807, 2.05) is 6.92 Å².